The molecule has 4 nitrogen and oxygen atoms in total. The van der Waals surface area contributed by atoms with Crippen LogP contribution in [0.25, 0.3) is 0 Å². The number of hydrogen-bond acceptors (Lipinski definition) is 4. The first-order chi connectivity index (χ1) is 8.36. The van der Waals surface area contributed by atoms with Crippen LogP contribution < -0.4 is 5.32 Å². The van der Waals surface area contributed by atoms with E-state index in [1.165, 1.54) is 6.07 Å². The molecule has 0 fully saturated rings. The normalized spacial score (nSPS) is 12.2. The molecule has 102 valence electrons. The molecule has 3 N–H and O–H groups in total. The van der Waals surface area contributed by atoms with Crippen LogP contribution in [0.5, 0.6) is 0 Å². The van der Waals surface area contributed by atoms with Crippen molar-refractivity contribution in [1.29, 1.82) is 0 Å². The van der Waals surface area contributed by atoms with E-state index in [4.69, 9.17) is 21.8 Å². The van der Waals surface area contributed by atoms with Gasteiger partial charge in [-0.3, -0.25) is 0 Å². The van der Waals surface area contributed by atoms with Gasteiger partial charge in [-0.25, -0.2) is 4.98 Å². The minimum atomic E-state index is -4.56. The Hall–Kier alpha value is -0.890. The van der Waals surface area contributed by atoms with Crippen LogP contribution in [0.1, 0.15) is 11.3 Å². The van der Waals surface area contributed by atoms with E-state index in [2.05, 4.69) is 10.3 Å². The Morgan fingerprint density at radius 1 is 1.28 bits per heavy atom. The molecule has 0 aromatic carbocycles. The number of nitrogens with one attached hydrogen (secondary N) is 1. The highest BCUT2D eigenvalue weighted by Gasteiger charge is 2.33. The van der Waals surface area contributed by atoms with E-state index in [1.54, 1.807) is 0 Å². The van der Waals surface area contributed by atoms with Crippen molar-refractivity contribution in [1.82, 2.24) is 10.3 Å². The average molecular weight is 285 g/mol. The number of nitrogens with zero attached hydrogens (tertiary/aromatic N) is 1. The third-order valence-corrected chi connectivity index (χ3v) is 2.37. The van der Waals surface area contributed by atoms with Crippen molar-refractivity contribution < 1.29 is 23.4 Å². The Morgan fingerprint density at radius 2 is 1.89 bits per heavy atom. The summed E-state index contributed by atoms with van der Waals surface area (Å²) in [6.07, 6.45) is -4.56. The molecule has 1 heterocycles. The van der Waals surface area contributed by atoms with Gasteiger partial charge in [0.1, 0.15) is 10.8 Å². The molecule has 0 aliphatic carbocycles. The average Bonchev–Trinajstić information content (AvgIpc) is 2.28. The second-order valence-corrected chi connectivity index (χ2v) is 4.01. The maximum Gasteiger partial charge on any atom is 0.433 e. The van der Waals surface area contributed by atoms with Crippen molar-refractivity contribution in [3.8, 4) is 0 Å². The molecule has 0 aliphatic heterocycles. The number of pyridine rings is 1. The summed E-state index contributed by atoms with van der Waals surface area (Å²) in [4.78, 5) is 3.19. The molecular weight excluding hydrogens is 273 g/mol. The van der Waals surface area contributed by atoms with Gasteiger partial charge in [0.15, 0.2) is 0 Å². The minimum absolute atomic E-state index is 0.0388. The van der Waals surface area contributed by atoms with Crippen molar-refractivity contribution in [2.75, 3.05) is 13.2 Å². The Balaban J connectivity index is 2.81. The summed E-state index contributed by atoms with van der Waals surface area (Å²) in [5.41, 5.74) is -0.800. The summed E-state index contributed by atoms with van der Waals surface area (Å²) >= 11 is 5.50. The van der Waals surface area contributed by atoms with Crippen LogP contribution >= 0.6 is 11.6 Å². The van der Waals surface area contributed by atoms with Gasteiger partial charge in [0.25, 0.3) is 0 Å². The van der Waals surface area contributed by atoms with Gasteiger partial charge < -0.3 is 15.5 Å². The lowest BCUT2D eigenvalue weighted by molar-refractivity contribution is -0.141. The lowest BCUT2D eigenvalue weighted by atomic mass is 10.2. The SMILES string of the molecule is OCC(CO)NCc1cc(Cl)nc(C(F)(F)F)c1. The van der Waals surface area contributed by atoms with Gasteiger partial charge in [0.2, 0.25) is 0 Å². The Morgan fingerprint density at radius 3 is 2.39 bits per heavy atom. The van der Waals surface area contributed by atoms with Gasteiger partial charge >= 0.3 is 6.18 Å². The highest BCUT2D eigenvalue weighted by atomic mass is 35.5. The molecule has 1 aromatic heterocycles. The van der Waals surface area contributed by atoms with Crippen LogP contribution in [0.3, 0.4) is 0 Å². The number of alkyl halides is 3. The maximum absolute atomic E-state index is 12.5. The fraction of sp³-hybridized carbons (Fsp3) is 0.500. The predicted octanol–water partition coefficient (Wildman–Crippen LogP) is 1.20. The fourth-order valence-electron chi connectivity index (χ4n) is 1.25. The second-order valence-electron chi connectivity index (χ2n) is 3.62. The summed E-state index contributed by atoms with van der Waals surface area (Å²) in [5, 5.41) is 20.0. The highest BCUT2D eigenvalue weighted by Crippen LogP contribution is 2.29. The van der Waals surface area contributed by atoms with Crippen molar-refractivity contribution in [3.05, 3.63) is 28.5 Å². The second kappa shape index (κ2) is 6.33. The standard InChI is InChI=1S/C10H12ClF3N2O2/c11-9-2-6(3-15-7(4-17)5-18)1-8(16-9)10(12,13)14/h1-2,7,15,17-18H,3-5H2. The molecule has 0 spiro atoms. The lowest BCUT2D eigenvalue weighted by Gasteiger charge is -2.14. The van der Waals surface area contributed by atoms with Gasteiger partial charge in [-0.05, 0) is 17.7 Å². The minimum Gasteiger partial charge on any atom is -0.395 e. The number of rotatable bonds is 5. The summed E-state index contributed by atoms with van der Waals surface area (Å²) in [6.45, 7) is -0.597. The van der Waals surface area contributed by atoms with Crippen LogP contribution in [0.2, 0.25) is 5.15 Å². The van der Waals surface area contributed by atoms with E-state index in [1.807, 2.05) is 0 Å². The predicted molar refractivity (Wildman–Crippen MR) is 59.0 cm³/mol. The Kier molecular flexibility index (Phi) is 5.33. The molecule has 18 heavy (non-hydrogen) atoms. The van der Waals surface area contributed by atoms with Gasteiger partial charge in [-0.2, -0.15) is 13.2 Å². The molecule has 0 radical (unpaired) electrons. The number of halogens is 4. The molecule has 0 amide bonds. The van der Waals surface area contributed by atoms with Crippen molar-refractivity contribution in [2.24, 2.45) is 0 Å². The third kappa shape index (κ3) is 4.41. The quantitative estimate of drug-likeness (QED) is 0.711. The number of aliphatic hydroxyl groups excluding tert-OH is 2. The van der Waals surface area contributed by atoms with Crippen molar-refractivity contribution in [2.45, 2.75) is 18.8 Å². The molecule has 1 aromatic rings. The topological polar surface area (TPSA) is 65.4 Å². The maximum atomic E-state index is 12.5. The summed E-state index contributed by atoms with van der Waals surface area (Å²) in [7, 11) is 0. The van der Waals surface area contributed by atoms with Gasteiger partial charge in [0.05, 0.1) is 19.3 Å². The third-order valence-electron chi connectivity index (χ3n) is 2.18. The molecule has 0 saturated carbocycles. The van der Waals surface area contributed by atoms with Crippen LogP contribution in [0, 0.1) is 0 Å². The van der Waals surface area contributed by atoms with Crippen LogP contribution in [0.4, 0.5) is 13.2 Å². The van der Waals surface area contributed by atoms with Crippen LogP contribution in [-0.2, 0) is 12.7 Å². The molecule has 1 rings (SSSR count). The van der Waals surface area contributed by atoms with Crippen molar-refractivity contribution >= 4 is 11.6 Å². The van der Waals surface area contributed by atoms with Crippen LogP contribution in [0.15, 0.2) is 12.1 Å². The smallest absolute Gasteiger partial charge is 0.395 e. The van der Waals surface area contributed by atoms with Crippen molar-refractivity contribution in [3.63, 3.8) is 0 Å². The fourth-order valence-corrected chi connectivity index (χ4v) is 1.48. The van der Waals surface area contributed by atoms with Gasteiger partial charge in [0, 0.05) is 6.54 Å². The van der Waals surface area contributed by atoms with E-state index in [9.17, 15) is 13.2 Å². The van der Waals surface area contributed by atoms with Crippen LogP contribution in [-0.4, -0.2) is 34.5 Å². The first-order valence-corrected chi connectivity index (χ1v) is 5.43. The first kappa shape index (κ1) is 15.2. The van der Waals surface area contributed by atoms with E-state index in [0.717, 1.165) is 6.07 Å². The zero-order chi connectivity index (χ0) is 13.8. The number of hydrogen-bond donors (Lipinski definition) is 3. The van der Waals surface area contributed by atoms with E-state index < -0.39 is 17.9 Å². The monoisotopic (exact) mass is 284 g/mol. The lowest BCUT2D eigenvalue weighted by Crippen LogP contribution is -2.35. The summed E-state index contributed by atoms with van der Waals surface area (Å²) in [5.74, 6) is 0. The summed E-state index contributed by atoms with van der Waals surface area (Å²) in [6, 6.07) is 1.56. The Labute approximate surface area is 106 Å². The summed E-state index contributed by atoms with van der Waals surface area (Å²) < 4.78 is 37.4. The zero-order valence-electron chi connectivity index (χ0n) is 9.21. The van der Waals surface area contributed by atoms with Gasteiger partial charge in [-0.15, -0.1) is 0 Å². The molecule has 0 saturated heterocycles. The van der Waals surface area contributed by atoms with E-state index >= 15 is 0 Å². The number of aliphatic hydroxyl groups is 2. The van der Waals surface area contributed by atoms with E-state index in [0.29, 0.717) is 0 Å². The largest absolute Gasteiger partial charge is 0.433 e. The molecular formula is C10H12ClF3N2O2. The zero-order valence-corrected chi connectivity index (χ0v) is 9.96. The Bertz CT molecular complexity index is 397. The van der Waals surface area contributed by atoms with E-state index in [-0.39, 0.29) is 30.5 Å². The highest BCUT2D eigenvalue weighted by molar-refractivity contribution is 6.29. The molecule has 8 heteroatoms. The molecule has 0 bridgehead atoms. The van der Waals surface area contributed by atoms with Gasteiger partial charge in [-0.1, -0.05) is 11.6 Å². The first-order valence-electron chi connectivity index (χ1n) is 5.05. The molecule has 0 unspecified atom stereocenters. The molecule has 0 aliphatic rings. The number of aromatic nitrogens is 1. The molecule has 0 atom stereocenters.